The number of nitrogens with one attached hydrogen (secondary N) is 1. The number of aromatic nitrogens is 1. The highest BCUT2D eigenvalue weighted by atomic mass is 19.1. The van der Waals surface area contributed by atoms with Crippen molar-refractivity contribution in [3.05, 3.63) is 41.6 Å². The largest absolute Gasteiger partial charge is 0.479 e. The Bertz CT molecular complexity index is 1100. The second-order valence-corrected chi connectivity index (χ2v) is 9.47. The van der Waals surface area contributed by atoms with Crippen LogP contribution in [-0.2, 0) is 4.79 Å². The van der Waals surface area contributed by atoms with Gasteiger partial charge in [-0.25, -0.2) is 18.6 Å². The molecule has 2 aliphatic rings. The number of halogens is 2. The molecule has 34 heavy (non-hydrogen) atoms. The van der Waals surface area contributed by atoms with Crippen LogP contribution in [-0.4, -0.2) is 53.2 Å². The third kappa shape index (κ3) is 5.27. The number of carboxylic acids is 1. The normalized spacial score (nSPS) is 20.8. The summed E-state index contributed by atoms with van der Waals surface area (Å²) in [6.07, 6.45) is 4.02. The number of ether oxygens (including phenoxy) is 1. The van der Waals surface area contributed by atoms with E-state index in [0.717, 1.165) is 31.0 Å². The Labute approximate surface area is 196 Å². The first-order chi connectivity index (χ1) is 16.0. The zero-order valence-corrected chi connectivity index (χ0v) is 19.1. The van der Waals surface area contributed by atoms with Crippen molar-refractivity contribution in [3.8, 4) is 17.0 Å². The second-order valence-electron chi connectivity index (χ2n) is 9.47. The first-order valence-electron chi connectivity index (χ1n) is 11.2. The van der Waals surface area contributed by atoms with Gasteiger partial charge < -0.3 is 25.8 Å². The van der Waals surface area contributed by atoms with E-state index in [4.69, 9.17) is 15.6 Å². The molecule has 1 aliphatic heterocycles. The molecule has 2 fully saturated rings. The van der Waals surface area contributed by atoms with E-state index < -0.39 is 29.7 Å². The Hall–Kier alpha value is -3.27. The number of amides is 1. The molecule has 2 atom stereocenters. The van der Waals surface area contributed by atoms with Crippen molar-refractivity contribution in [3.63, 3.8) is 0 Å². The molecule has 4 N–H and O–H groups in total. The maximum absolute atomic E-state index is 14.2. The summed E-state index contributed by atoms with van der Waals surface area (Å²) in [7, 11) is 0. The number of nitrogens with two attached hydrogens (primary N) is 1. The summed E-state index contributed by atoms with van der Waals surface area (Å²) < 4.78 is 33.8. The molecule has 4 rings (SSSR count). The molecule has 1 saturated carbocycles. The highest BCUT2D eigenvalue weighted by Crippen LogP contribution is 2.43. The number of aliphatic carboxylic acids is 1. The predicted molar refractivity (Wildman–Crippen MR) is 122 cm³/mol. The highest BCUT2D eigenvalue weighted by Gasteiger charge is 2.36. The van der Waals surface area contributed by atoms with E-state index in [2.05, 4.69) is 10.3 Å². The number of pyridine rings is 1. The van der Waals surface area contributed by atoms with Gasteiger partial charge >= 0.3 is 5.97 Å². The van der Waals surface area contributed by atoms with Gasteiger partial charge in [-0.2, -0.15) is 0 Å². The topological polar surface area (TPSA) is 118 Å². The SMILES string of the molecule is CC(NC(=O)c1cnc(OCC(=O)O)c(-c2cc(F)cc(F)c2)c1N1CC[C@](C)(N)C1)C1CC1. The minimum absolute atomic E-state index is 0.0447. The number of anilines is 1. The Kier molecular flexibility index (Phi) is 6.44. The van der Waals surface area contributed by atoms with Crippen LogP contribution in [0.1, 0.15) is 43.5 Å². The highest BCUT2D eigenvalue weighted by molar-refractivity contribution is 6.04. The van der Waals surface area contributed by atoms with Gasteiger partial charge in [-0.15, -0.1) is 0 Å². The van der Waals surface area contributed by atoms with Crippen LogP contribution in [0, 0.1) is 17.6 Å². The number of rotatable bonds is 8. The van der Waals surface area contributed by atoms with Crippen LogP contribution >= 0.6 is 0 Å². The summed E-state index contributed by atoms with van der Waals surface area (Å²) in [5, 5.41) is 12.1. The molecule has 0 spiro atoms. The number of hydrogen-bond donors (Lipinski definition) is 3. The Balaban J connectivity index is 1.89. The van der Waals surface area contributed by atoms with Gasteiger partial charge in [-0.3, -0.25) is 4.79 Å². The lowest BCUT2D eigenvalue weighted by molar-refractivity contribution is -0.139. The maximum atomic E-state index is 14.2. The van der Waals surface area contributed by atoms with E-state index >= 15 is 0 Å². The smallest absolute Gasteiger partial charge is 0.341 e. The summed E-state index contributed by atoms with van der Waals surface area (Å²) in [5.41, 5.74) is 6.58. The van der Waals surface area contributed by atoms with Gasteiger partial charge in [-0.05, 0) is 56.7 Å². The number of carbonyl (C=O) groups is 2. The maximum Gasteiger partial charge on any atom is 0.341 e. The molecule has 182 valence electrons. The van der Waals surface area contributed by atoms with Crippen molar-refractivity contribution in [2.75, 3.05) is 24.6 Å². The summed E-state index contributed by atoms with van der Waals surface area (Å²) >= 11 is 0. The van der Waals surface area contributed by atoms with Crippen LogP contribution < -0.4 is 20.7 Å². The third-order valence-electron chi connectivity index (χ3n) is 6.25. The zero-order chi connectivity index (χ0) is 24.6. The van der Waals surface area contributed by atoms with Gasteiger partial charge in [-0.1, -0.05) is 0 Å². The number of nitrogens with zero attached hydrogens (tertiary/aromatic N) is 2. The fourth-order valence-electron chi connectivity index (χ4n) is 4.35. The van der Waals surface area contributed by atoms with E-state index in [1.165, 1.54) is 6.20 Å². The lowest BCUT2D eigenvalue weighted by Gasteiger charge is -2.28. The van der Waals surface area contributed by atoms with Crippen molar-refractivity contribution in [2.45, 2.75) is 44.7 Å². The Morgan fingerprint density at radius 2 is 2.00 bits per heavy atom. The standard InChI is InChI=1S/C24H28F2N4O4/c1-13(14-3-4-14)29-22(33)18-10-28-23(34-11-19(31)32)20(15-7-16(25)9-17(26)8-15)21(18)30-6-5-24(2,27)12-30/h7-10,13-14H,3-6,11-12,27H2,1-2H3,(H,29,33)(H,31,32)/t13?,24-/m0/s1. The minimum atomic E-state index is -1.24. The van der Waals surface area contributed by atoms with Crippen LogP contribution in [0.3, 0.4) is 0 Å². The van der Waals surface area contributed by atoms with E-state index in [-0.39, 0.29) is 34.5 Å². The number of carbonyl (C=O) groups excluding carboxylic acids is 1. The molecule has 1 amide bonds. The molecular formula is C24H28F2N4O4. The van der Waals surface area contributed by atoms with E-state index in [0.29, 0.717) is 31.1 Å². The first kappa shape index (κ1) is 23.9. The van der Waals surface area contributed by atoms with Crippen LogP contribution in [0.5, 0.6) is 5.88 Å². The molecule has 0 radical (unpaired) electrons. The van der Waals surface area contributed by atoms with Crippen molar-refractivity contribution < 1.29 is 28.2 Å². The molecule has 2 aromatic rings. The van der Waals surface area contributed by atoms with Gasteiger partial charge in [0.1, 0.15) is 11.6 Å². The molecule has 1 aromatic carbocycles. The number of carboxylic acid groups (broad SMARTS) is 1. The monoisotopic (exact) mass is 474 g/mol. The van der Waals surface area contributed by atoms with Gasteiger partial charge in [0.05, 0.1) is 16.8 Å². The van der Waals surface area contributed by atoms with Gasteiger partial charge in [0.25, 0.3) is 5.91 Å². The van der Waals surface area contributed by atoms with Crippen LogP contribution in [0.25, 0.3) is 11.1 Å². The van der Waals surface area contributed by atoms with Gasteiger partial charge in [0, 0.05) is 36.9 Å². The second kappa shape index (κ2) is 9.17. The average molecular weight is 475 g/mol. The van der Waals surface area contributed by atoms with E-state index in [1.54, 1.807) is 0 Å². The fourth-order valence-corrected chi connectivity index (χ4v) is 4.35. The minimum Gasteiger partial charge on any atom is -0.479 e. The third-order valence-corrected chi connectivity index (χ3v) is 6.25. The van der Waals surface area contributed by atoms with Gasteiger partial charge in [0.15, 0.2) is 6.61 Å². The molecule has 1 aliphatic carbocycles. The number of benzene rings is 1. The lowest BCUT2D eigenvalue weighted by atomic mass is 9.99. The van der Waals surface area contributed by atoms with Crippen LogP contribution in [0.15, 0.2) is 24.4 Å². The average Bonchev–Trinajstić information content (AvgIpc) is 3.53. The van der Waals surface area contributed by atoms with Crippen LogP contribution in [0.4, 0.5) is 14.5 Å². The van der Waals surface area contributed by atoms with Crippen molar-refractivity contribution in [1.29, 1.82) is 0 Å². The van der Waals surface area contributed by atoms with E-state index in [9.17, 15) is 18.4 Å². The van der Waals surface area contributed by atoms with Crippen molar-refractivity contribution >= 4 is 17.6 Å². The molecule has 8 nitrogen and oxygen atoms in total. The first-order valence-corrected chi connectivity index (χ1v) is 11.2. The zero-order valence-electron chi connectivity index (χ0n) is 19.1. The predicted octanol–water partition coefficient (Wildman–Crippen LogP) is 2.95. The molecule has 2 heterocycles. The van der Waals surface area contributed by atoms with Crippen molar-refractivity contribution in [2.24, 2.45) is 11.7 Å². The van der Waals surface area contributed by atoms with E-state index in [1.807, 2.05) is 18.7 Å². The Morgan fingerprint density at radius 1 is 1.32 bits per heavy atom. The number of hydrogen-bond acceptors (Lipinski definition) is 6. The molecule has 0 bridgehead atoms. The Morgan fingerprint density at radius 3 is 2.56 bits per heavy atom. The fraction of sp³-hybridized carbons (Fsp3) is 0.458. The van der Waals surface area contributed by atoms with Gasteiger partial charge in [0.2, 0.25) is 5.88 Å². The quantitative estimate of drug-likeness (QED) is 0.538. The van der Waals surface area contributed by atoms with Crippen LogP contribution in [0.2, 0.25) is 0 Å². The molecule has 1 saturated heterocycles. The lowest BCUT2D eigenvalue weighted by Crippen LogP contribution is -2.40. The summed E-state index contributed by atoms with van der Waals surface area (Å²) in [6, 6.07) is 2.89. The summed E-state index contributed by atoms with van der Waals surface area (Å²) in [6.45, 7) is 3.96. The summed E-state index contributed by atoms with van der Waals surface area (Å²) in [4.78, 5) is 30.5. The van der Waals surface area contributed by atoms with Crippen molar-refractivity contribution in [1.82, 2.24) is 10.3 Å². The molecule has 10 heteroatoms. The molecule has 1 aromatic heterocycles. The molecule has 1 unspecified atom stereocenters. The molecular weight excluding hydrogens is 446 g/mol. The summed E-state index contributed by atoms with van der Waals surface area (Å²) in [5.74, 6) is -3.00.